The maximum Gasteiger partial charge on any atom is 0.412 e. The van der Waals surface area contributed by atoms with Crippen LogP contribution in [0.3, 0.4) is 0 Å². The van der Waals surface area contributed by atoms with Gasteiger partial charge in [0.05, 0.1) is 11.1 Å². The predicted molar refractivity (Wildman–Crippen MR) is 102 cm³/mol. The lowest BCUT2D eigenvalue weighted by atomic mass is 9.94. The Morgan fingerprint density at radius 3 is 2.66 bits per heavy atom. The van der Waals surface area contributed by atoms with Crippen LogP contribution in [-0.2, 0) is 4.79 Å². The fraction of sp³-hybridized carbons (Fsp3) is 0.421. The van der Waals surface area contributed by atoms with Crippen LogP contribution in [0.5, 0.6) is 0 Å². The van der Waals surface area contributed by atoms with E-state index in [1.54, 1.807) is 30.5 Å². The number of nitrogens with zero attached hydrogens (tertiary/aromatic N) is 2. The quantitative estimate of drug-likeness (QED) is 0.709. The molecule has 1 aliphatic rings. The number of carbonyl (C=O) groups is 2. The maximum absolute atomic E-state index is 12.7. The predicted octanol–water partition coefficient (Wildman–Crippen LogP) is 1.55. The molecule has 0 unspecified atom stereocenters. The summed E-state index contributed by atoms with van der Waals surface area (Å²) >= 11 is 0. The summed E-state index contributed by atoms with van der Waals surface area (Å²) in [5.74, 6) is -1.73. The highest BCUT2D eigenvalue weighted by Crippen LogP contribution is 2.31. The molecule has 0 bridgehead atoms. The molecular weight excluding hydrogens is 387 g/mol. The number of nitrogens with two attached hydrogens (primary N) is 2. The highest BCUT2D eigenvalue weighted by Gasteiger charge is 2.43. The van der Waals surface area contributed by atoms with Crippen molar-refractivity contribution in [2.45, 2.75) is 31.6 Å². The third-order valence-electron chi connectivity index (χ3n) is 4.99. The molecule has 0 aliphatic carbocycles. The summed E-state index contributed by atoms with van der Waals surface area (Å²) in [6, 6.07) is 3.79. The lowest BCUT2D eigenvalue weighted by molar-refractivity contribution is -0.163. The van der Waals surface area contributed by atoms with Crippen LogP contribution in [-0.4, -0.2) is 48.1 Å². The number of benzene rings is 1. The maximum atomic E-state index is 12.7. The molecule has 5 N–H and O–H groups in total. The van der Waals surface area contributed by atoms with Crippen molar-refractivity contribution in [3.8, 4) is 0 Å². The topological polar surface area (TPSA) is 114 Å². The molecule has 156 valence electrons. The van der Waals surface area contributed by atoms with Crippen molar-refractivity contribution in [1.82, 2.24) is 10.3 Å². The van der Waals surface area contributed by atoms with Gasteiger partial charge in [-0.3, -0.25) is 14.6 Å². The standard InChI is InChI=1S/C19H22F3N5O2/c1-10-7-11(26-18(29)16(23)19(20,21)22)9-27(8-10)14-5-4-13(17(24)28)15-12(14)3-2-6-25-15/h2-6,10-11,16H,7-9,23H2,1H3,(H2,24,28)(H,26,29)/t10-,11+,16-/m0/s1. The first-order valence-corrected chi connectivity index (χ1v) is 9.13. The first kappa shape index (κ1) is 20.8. The molecule has 2 aromatic rings. The highest BCUT2D eigenvalue weighted by molar-refractivity contribution is 6.08. The first-order chi connectivity index (χ1) is 13.6. The van der Waals surface area contributed by atoms with Crippen molar-refractivity contribution >= 4 is 28.4 Å². The lowest BCUT2D eigenvalue weighted by Gasteiger charge is -2.39. The molecule has 1 saturated heterocycles. The van der Waals surface area contributed by atoms with Crippen LogP contribution in [0.2, 0.25) is 0 Å². The Balaban J connectivity index is 1.87. The summed E-state index contributed by atoms with van der Waals surface area (Å²) in [6.07, 6.45) is -2.71. The van der Waals surface area contributed by atoms with Gasteiger partial charge in [0.25, 0.3) is 5.91 Å². The van der Waals surface area contributed by atoms with Gasteiger partial charge in [0.15, 0.2) is 6.04 Å². The zero-order chi connectivity index (χ0) is 21.3. The fourth-order valence-electron chi connectivity index (χ4n) is 3.72. The molecule has 1 aromatic carbocycles. The number of nitrogens with one attached hydrogen (secondary N) is 1. The van der Waals surface area contributed by atoms with Crippen molar-refractivity contribution in [3.63, 3.8) is 0 Å². The molecular formula is C19H22F3N5O2. The third-order valence-corrected chi connectivity index (χ3v) is 4.99. The van der Waals surface area contributed by atoms with E-state index < -0.39 is 30.1 Å². The summed E-state index contributed by atoms with van der Waals surface area (Å²) in [6.45, 7) is 2.89. The van der Waals surface area contributed by atoms with Gasteiger partial charge in [-0.15, -0.1) is 0 Å². The van der Waals surface area contributed by atoms with Crippen molar-refractivity contribution in [1.29, 1.82) is 0 Å². The number of fused-ring (bicyclic) bond motifs is 1. The minimum absolute atomic E-state index is 0.110. The van der Waals surface area contributed by atoms with Gasteiger partial charge in [0.1, 0.15) is 0 Å². The zero-order valence-corrected chi connectivity index (χ0v) is 15.7. The molecule has 1 aromatic heterocycles. The van der Waals surface area contributed by atoms with Gasteiger partial charge in [-0.2, -0.15) is 13.2 Å². The number of amides is 2. The number of hydrogen-bond acceptors (Lipinski definition) is 5. The van der Waals surface area contributed by atoms with Crippen LogP contribution in [0.1, 0.15) is 23.7 Å². The summed E-state index contributed by atoms with van der Waals surface area (Å²) < 4.78 is 38.1. The lowest BCUT2D eigenvalue weighted by Crippen LogP contribution is -2.57. The summed E-state index contributed by atoms with van der Waals surface area (Å²) in [5.41, 5.74) is 11.9. The van der Waals surface area contributed by atoms with Crippen LogP contribution in [0, 0.1) is 5.92 Å². The Morgan fingerprint density at radius 1 is 1.28 bits per heavy atom. The SMILES string of the molecule is C[C@H]1C[C@@H](NC(=O)[C@H](N)C(F)(F)F)CN(c2ccc(C(N)=O)c3ncccc23)C1. The van der Waals surface area contributed by atoms with Crippen molar-refractivity contribution in [2.24, 2.45) is 17.4 Å². The third kappa shape index (κ3) is 4.42. The molecule has 29 heavy (non-hydrogen) atoms. The normalized spacial score (nSPS) is 21.1. The van der Waals surface area contributed by atoms with Crippen molar-refractivity contribution < 1.29 is 22.8 Å². The fourth-order valence-corrected chi connectivity index (χ4v) is 3.72. The Morgan fingerprint density at radius 2 is 2.00 bits per heavy atom. The molecule has 2 amide bonds. The van der Waals surface area contributed by atoms with E-state index in [1.165, 1.54) is 0 Å². The number of pyridine rings is 1. The summed E-state index contributed by atoms with van der Waals surface area (Å²) in [7, 11) is 0. The van der Waals surface area contributed by atoms with Gasteiger partial charge < -0.3 is 21.7 Å². The van der Waals surface area contributed by atoms with Gasteiger partial charge >= 0.3 is 6.18 Å². The molecule has 0 saturated carbocycles. The smallest absolute Gasteiger partial charge is 0.369 e. The number of hydrogen-bond donors (Lipinski definition) is 3. The Bertz CT molecular complexity index is 934. The van der Waals surface area contributed by atoms with Crippen LogP contribution in [0.15, 0.2) is 30.5 Å². The second-order valence-corrected chi connectivity index (χ2v) is 7.37. The van der Waals surface area contributed by atoms with E-state index in [-0.39, 0.29) is 11.5 Å². The zero-order valence-electron chi connectivity index (χ0n) is 15.7. The number of alkyl halides is 3. The van der Waals surface area contributed by atoms with Gasteiger partial charge in [-0.05, 0) is 36.6 Å². The van der Waals surface area contributed by atoms with Crippen molar-refractivity contribution in [3.05, 3.63) is 36.0 Å². The number of halogens is 3. The van der Waals surface area contributed by atoms with E-state index in [2.05, 4.69) is 10.3 Å². The molecule has 3 atom stereocenters. The van der Waals surface area contributed by atoms with Gasteiger partial charge in [0.2, 0.25) is 5.91 Å². The van der Waals surface area contributed by atoms with E-state index in [1.807, 2.05) is 11.8 Å². The van der Waals surface area contributed by atoms with E-state index in [0.717, 1.165) is 5.69 Å². The molecule has 0 radical (unpaired) electrons. The molecule has 1 fully saturated rings. The van der Waals surface area contributed by atoms with Crippen molar-refractivity contribution in [2.75, 3.05) is 18.0 Å². The molecule has 0 spiro atoms. The monoisotopic (exact) mass is 409 g/mol. The van der Waals surface area contributed by atoms with Gasteiger partial charge in [-0.25, -0.2) is 0 Å². The number of aromatic nitrogens is 1. The average Bonchev–Trinajstić information content (AvgIpc) is 2.65. The Kier molecular flexibility index (Phi) is 5.65. The van der Waals surface area contributed by atoms with Crippen LogP contribution < -0.4 is 21.7 Å². The summed E-state index contributed by atoms with van der Waals surface area (Å²) in [5, 5.41) is 3.12. The second kappa shape index (κ2) is 7.86. The number of piperidine rings is 1. The van der Waals surface area contributed by atoms with Gasteiger partial charge in [-0.1, -0.05) is 6.92 Å². The highest BCUT2D eigenvalue weighted by atomic mass is 19.4. The van der Waals surface area contributed by atoms with E-state index in [9.17, 15) is 22.8 Å². The first-order valence-electron chi connectivity index (χ1n) is 9.13. The molecule has 3 rings (SSSR count). The molecule has 1 aliphatic heterocycles. The van der Waals surface area contributed by atoms with Gasteiger partial charge in [0, 0.05) is 36.4 Å². The minimum Gasteiger partial charge on any atom is -0.369 e. The minimum atomic E-state index is -4.80. The number of rotatable bonds is 4. The molecule has 2 heterocycles. The number of anilines is 1. The van der Waals surface area contributed by atoms with Crippen LogP contribution >= 0.6 is 0 Å². The largest absolute Gasteiger partial charge is 0.412 e. The summed E-state index contributed by atoms with van der Waals surface area (Å²) in [4.78, 5) is 29.8. The Hall–Kier alpha value is -2.88. The van der Waals surface area contributed by atoms with Crippen LogP contribution in [0.4, 0.5) is 18.9 Å². The molecule has 7 nitrogen and oxygen atoms in total. The van der Waals surface area contributed by atoms with E-state index in [0.29, 0.717) is 30.4 Å². The van der Waals surface area contributed by atoms with E-state index in [4.69, 9.17) is 11.5 Å². The van der Waals surface area contributed by atoms with E-state index >= 15 is 0 Å². The number of primary amides is 1. The molecule has 10 heteroatoms. The number of carbonyl (C=O) groups excluding carboxylic acids is 2. The van der Waals surface area contributed by atoms with Crippen LogP contribution in [0.25, 0.3) is 10.9 Å². The Labute approximate surface area is 165 Å². The second-order valence-electron chi connectivity index (χ2n) is 7.37. The average molecular weight is 409 g/mol.